The minimum Gasteiger partial charge on any atom is -0.314 e. The van der Waals surface area contributed by atoms with Crippen LogP contribution in [0.1, 0.15) is 26.7 Å². The molecule has 0 spiro atoms. The van der Waals surface area contributed by atoms with E-state index in [0.717, 1.165) is 30.0 Å². The van der Waals surface area contributed by atoms with Crippen LogP contribution in [-0.2, 0) is 4.57 Å². The summed E-state index contributed by atoms with van der Waals surface area (Å²) in [4.78, 5) is 4.42. The molecule has 0 aliphatic rings. The first kappa shape index (κ1) is 17.7. The SMILES string of the molecule is CC(C)C=NCCCCP(=O)(c1ccccc1)c1ccccc1. The number of aliphatic imine (C=N–C) groups is 1. The summed E-state index contributed by atoms with van der Waals surface area (Å²) in [5.41, 5.74) is 0. The Morgan fingerprint density at radius 1 is 0.913 bits per heavy atom. The van der Waals surface area contributed by atoms with E-state index >= 15 is 0 Å². The van der Waals surface area contributed by atoms with Crippen molar-refractivity contribution in [2.45, 2.75) is 26.7 Å². The smallest absolute Gasteiger partial charge is 0.143 e. The Balaban J connectivity index is 2.09. The quantitative estimate of drug-likeness (QED) is 0.398. The highest BCUT2D eigenvalue weighted by Crippen LogP contribution is 2.44. The first-order valence-corrected chi connectivity index (χ1v) is 10.2. The lowest BCUT2D eigenvalue weighted by atomic mass is 10.2. The molecule has 0 aliphatic heterocycles. The number of hydrogen-bond donors (Lipinski definition) is 0. The molecule has 0 atom stereocenters. The van der Waals surface area contributed by atoms with Gasteiger partial charge in [0.05, 0.1) is 0 Å². The second-order valence-electron chi connectivity index (χ2n) is 6.14. The number of nitrogens with zero attached hydrogens (tertiary/aromatic N) is 1. The Labute approximate surface area is 140 Å². The second-order valence-corrected chi connectivity index (χ2v) is 9.10. The van der Waals surface area contributed by atoms with Crippen molar-refractivity contribution < 1.29 is 4.57 Å². The summed E-state index contributed by atoms with van der Waals surface area (Å²) in [5.74, 6) is 0.495. The lowest BCUT2D eigenvalue weighted by molar-refractivity contribution is 0.584. The van der Waals surface area contributed by atoms with Crippen molar-refractivity contribution >= 4 is 24.0 Å². The summed E-state index contributed by atoms with van der Waals surface area (Å²) >= 11 is 0. The Kier molecular flexibility index (Phi) is 6.80. The third kappa shape index (κ3) is 5.18. The number of hydrogen-bond acceptors (Lipinski definition) is 2. The van der Waals surface area contributed by atoms with E-state index in [2.05, 4.69) is 18.8 Å². The zero-order valence-corrected chi connectivity index (χ0v) is 15.0. The second kappa shape index (κ2) is 8.84. The molecule has 0 aliphatic carbocycles. The molecule has 23 heavy (non-hydrogen) atoms. The van der Waals surface area contributed by atoms with Crippen LogP contribution >= 0.6 is 7.14 Å². The van der Waals surface area contributed by atoms with E-state index in [-0.39, 0.29) is 0 Å². The molecule has 0 amide bonds. The van der Waals surface area contributed by atoms with Gasteiger partial charge in [-0.3, -0.25) is 4.99 Å². The van der Waals surface area contributed by atoms with Crippen LogP contribution in [0, 0.1) is 5.92 Å². The van der Waals surface area contributed by atoms with Crippen LogP contribution in [0.4, 0.5) is 0 Å². The summed E-state index contributed by atoms with van der Waals surface area (Å²) < 4.78 is 13.7. The van der Waals surface area contributed by atoms with Crippen molar-refractivity contribution in [1.82, 2.24) is 0 Å². The van der Waals surface area contributed by atoms with Crippen molar-refractivity contribution in [3.63, 3.8) is 0 Å². The number of benzene rings is 2. The van der Waals surface area contributed by atoms with Crippen LogP contribution in [0.5, 0.6) is 0 Å². The Hall–Kier alpha value is -1.66. The van der Waals surface area contributed by atoms with Gasteiger partial charge in [0.2, 0.25) is 0 Å². The summed E-state index contributed by atoms with van der Waals surface area (Å²) in [6, 6.07) is 19.8. The molecule has 0 radical (unpaired) electrons. The standard InChI is InChI=1S/C20H26NOP/c1-18(2)17-21-15-9-10-16-23(22,19-11-5-3-6-12-19)20-13-7-4-8-14-20/h3-8,11-14,17-18H,9-10,15-16H2,1-2H3. The maximum Gasteiger partial charge on any atom is 0.143 e. The van der Waals surface area contributed by atoms with Gasteiger partial charge >= 0.3 is 0 Å². The molecule has 2 aromatic rings. The fourth-order valence-corrected chi connectivity index (χ4v) is 5.36. The van der Waals surface area contributed by atoms with Crippen molar-refractivity contribution in [2.24, 2.45) is 10.9 Å². The maximum absolute atomic E-state index is 13.7. The molecule has 122 valence electrons. The van der Waals surface area contributed by atoms with Gasteiger partial charge in [0.15, 0.2) is 0 Å². The molecule has 2 nitrogen and oxygen atoms in total. The van der Waals surface area contributed by atoms with Gasteiger partial charge in [-0.1, -0.05) is 74.5 Å². The third-order valence-corrected chi connectivity index (χ3v) is 6.97. The van der Waals surface area contributed by atoms with Crippen LogP contribution in [0.25, 0.3) is 0 Å². The van der Waals surface area contributed by atoms with E-state index in [9.17, 15) is 4.57 Å². The summed E-state index contributed by atoms with van der Waals surface area (Å²) in [6.45, 7) is 5.08. The molecular formula is C20H26NOP. The summed E-state index contributed by atoms with van der Waals surface area (Å²) in [7, 11) is -2.54. The van der Waals surface area contributed by atoms with E-state index in [0.29, 0.717) is 12.1 Å². The van der Waals surface area contributed by atoms with Gasteiger partial charge in [-0.15, -0.1) is 0 Å². The minimum absolute atomic E-state index is 0.495. The van der Waals surface area contributed by atoms with Gasteiger partial charge in [0.1, 0.15) is 7.14 Å². The van der Waals surface area contributed by atoms with Crippen LogP contribution in [-0.4, -0.2) is 18.9 Å². The fourth-order valence-electron chi connectivity index (χ4n) is 2.57. The highest BCUT2D eigenvalue weighted by Gasteiger charge is 2.26. The van der Waals surface area contributed by atoms with Gasteiger partial charge in [-0.2, -0.15) is 0 Å². The lowest BCUT2D eigenvalue weighted by Crippen LogP contribution is -2.18. The first-order valence-electron chi connectivity index (χ1n) is 8.33. The molecule has 2 aromatic carbocycles. The summed E-state index contributed by atoms with van der Waals surface area (Å²) in [5, 5.41) is 1.91. The van der Waals surface area contributed by atoms with Crippen LogP contribution in [0.3, 0.4) is 0 Å². The number of unbranched alkanes of at least 4 members (excludes halogenated alkanes) is 1. The van der Waals surface area contributed by atoms with Crippen molar-refractivity contribution in [3.05, 3.63) is 60.7 Å². The van der Waals surface area contributed by atoms with Gasteiger partial charge in [0, 0.05) is 29.5 Å². The molecule has 0 saturated carbocycles. The molecule has 0 saturated heterocycles. The molecule has 0 bridgehead atoms. The van der Waals surface area contributed by atoms with Crippen LogP contribution < -0.4 is 10.6 Å². The predicted octanol–water partition coefficient (Wildman–Crippen LogP) is 4.51. The minimum atomic E-state index is -2.54. The number of rotatable bonds is 8. The van der Waals surface area contributed by atoms with Gasteiger partial charge in [-0.05, 0) is 18.8 Å². The molecule has 0 unspecified atom stereocenters. The van der Waals surface area contributed by atoms with Gasteiger partial charge in [0.25, 0.3) is 0 Å². The van der Waals surface area contributed by atoms with Crippen molar-refractivity contribution in [2.75, 3.05) is 12.7 Å². The molecule has 0 heterocycles. The van der Waals surface area contributed by atoms with Crippen molar-refractivity contribution in [3.8, 4) is 0 Å². The zero-order valence-electron chi connectivity index (χ0n) is 14.1. The van der Waals surface area contributed by atoms with Crippen LogP contribution in [0.2, 0.25) is 0 Å². The zero-order chi connectivity index (χ0) is 16.5. The lowest BCUT2D eigenvalue weighted by Gasteiger charge is -2.19. The summed E-state index contributed by atoms with van der Waals surface area (Å²) in [6.07, 6.45) is 4.61. The Morgan fingerprint density at radius 3 is 1.91 bits per heavy atom. The average molecular weight is 327 g/mol. The largest absolute Gasteiger partial charge is 0.314 e. The molecular weight excluding hydrogens is 301 g/mol. The maximum atomic E-state index is 13.7. The average Bonchev–Trinajstić information content (AvgIpc) is 2.59. The molecule has 0 N–H and O–H groups in total. The Bertz CT molecular complexity index is 606. The van der Waals surface area contributed by atoms with Gasteiger partial charge < -0.3 is 4.57 Å². The highest BCUT2D eigenvalue weighted by molar-refractivity contribution is 7.78. The molecule has 0 aromatic heterocycles. The highest BCUT2D eigenvalue weighted by atomic mass is 31.2. The predicted molar refractivity (Wildman–Crippen MR) is 102 cm³/mol. The van der Waals surface area contributed by atoms with E-state index in [1.54, 1.807) is 0 Å². The van der Waals surface area contributed by atoms with Crippen molar-refractivity contribution in [1.29, 1.82) is 0 Å². The molecule has 2 rings (SSSR count). The van der Waals surface area contributed by atoms with E-state index < -0.39 is 7.14 Å². The third-order valence-electron chi connectivity index (χ3n) is 3.76. The fraction of sp³-hybridized carbons (Fsp3) is 0.350. The molecule has 3 heteroatoms. The van der Waals surface area contributed by atoms with Crippen LogP contribution in [0.15, 0.2) is 65.7 Å². The normalized spacial score (nSPS) is 12.1. The topological polar surface area (TPSA) is 29.4 Å². The van der Waals surface area contributed by atoms with E-state index in [1.807, 2.05) is 66.9 Å². The van der Waals surface area contributed by atoms with Gasteiger partial charge in [-0.25, -0.2) is 0 Å². The van der Waals surface area contributed by atoms with E-state index in [1.165, 1.54) is 0 Å². The first-order chi connectivity index (χ1) is 11.1. The van der Waals surface area contributed by atoms with E-state index in [4.69, 9.17) is 0 Å². The Morgan fingerprint density at radius 2 is 1.43 bits per heavy atom. The molecule has 0 fully saturated rings. The monoisotopic (exact) mass is 327 g/mol.